The summed E-state index contributed by atoms with van der Waals surface area (Å²) in [6, 6.07) is 0. The Labute approximate surface area is 465 Å². The average Bonchev–Trinajstić information content (AvgIpc) is 3.41. The smallest absolute Gasteiger partial charge is 0.306 e. The second-order valence-electron chi connectivity index (χ2n) is 21.3. The fourth-order valence-corrected chi connectivity index (χ4v) is 9.11. The highest BCUT2D eigenvalue weighted by Gasteiger charge is 2.19. The van der Waals surface area contributed by atoms with Crippen LogP contribution < -0.4 is 0 Å². The van der Waals surface area contributed by atoms with Gasteiger partial charge in [-0.3, -0.25) is 14.4 Å². The maximum Gasteiger partial charge on any atom is 0.306 e. The van der Waals surface area contributed by atoms with Crippen molar-refractivity contribution < 1.29 is 28.6 Å². The molecule has 75 heavy (non-hydrogen) atoms. The van der Waals surface area contributed by atoms with Crippen molar-refractivity contribution in [1.29, 1.82) is 0 Å². The number of carbonyl (C=O) groups is 3. The Morgan fingerprint density at radius 1 is 0.280 bits per heavy atom. The summed E-state index contributed by atoms with van der Waals surface area (Å²) in [5, 5.41) is 0. The van der Waals surface area contributed by atoms with Crippen molar-refractivity contribution in [3.63, 3.8) is 0 Å². The van der Waals surface area contributed by atoms with E-state index >= 15 is 0 Å². The van der Waals surface area contributed by atoms with E-state index in [4.69, 9.17) is 14.2 Å². The Morgan fingerprint density at radius 2 is 0.547 bits per heavy atom. The molecule has 0 aliphatic carbocycles. The molecule has 0 aromatic rings. The summed E-state index contributed by atoms with van der Waals surface area (Å²) < 4.78 is 16.8. The average molecular weight is 1050 g/mol. The van der Waals surface area contributed by atoms with Crippen LogP contribution in [0.4, 0.5) is 0 Å². The first-order valence-electron chi connectivity index (χ1n) is 32.1. The molecule has 0 fully saturated rings. The highest BCUT2D eigenvalue weighted by Crippen LogP contribution is 2.17. The van der Waals surface area contributed by atoms with E-state index in [0.29, 0.717) is 19.3 Å². The Morgan fingerprint density at radius 3 is 0.920 bits per heavy atom. The van der Waals surface area contributed by atoms with E-state index in [1.54, 1.807) is 0 Å². The van der Waals surface area contributed by atoms with E-state index in [9.17, 15) is 14.4 Å². The number of hydrogen-bond donors (Lipinski definition) is 0. The third-order valence-corrected chi connectivity index (χ3v) is 13.9. The summed E-state index contributed by atoms with van der Waals surface area (Å²) >= 11 is 0. The zero-order valence-corrected chi connectivity index (χ0v) is 49.6. The number of rotatable bonds is 58. The van der Waals surface area contributed by atoms with Gasteiger partial charge in [0.25, 0.3) is 0 Å². The van der Waals surface area contributed by atoms with Crippen LogP contribution in [0.1, 0.15) is 316 Å². The zero-order valence-electron chi connectivity index (χ0n) is 49.6. The van der Waals surface area contributed by atoms with E-state index in [-0.39, 0.29) is 37.5 Å². The van der Waals surface area contributed by atoms with E-state index in [2.05, 4.69) is 99.8 Å². The standard InChI is InChI=1S/C69H120O6/c1-4-7-10-13-16-19-22-25-27-29-31-32-33-34-35-36-38-39-41-44-47-50-53-56-59-62-68(71)74-65-66(64-73-67(70)61-58-55-52-49-46-43-24-21-18-15-12-9-6-3)75-69(72)63-60-57-54-51-48-45-42-40-37-30-28-26-23-20-17-14-11-8-5-2/h9,12,17-18,20-21,26,28,37,40,43,46,52,55,66H,4-8,10-11,13-16,19,22-25,27,29-36,38-39,41-42,44-45,47-51,53-54,56-65H2,1-3H3/b12-9-,20-17-,21-18-,28-26-,40-37-,46-43-,55-52-. The predicted octanol–water partition coefficient (Wildman–Crippen LogP) is 21.9. The molecule has 0 aliphatic heterocycles. The summed E-state index contributed by atoms with van der Waals surface area (Å²) in [5.41, 5.74) is 0. The molecular weight excluding hydrogens is 925 g/mol. The largest absolute Gasteiger partial charge is 0.462 e. The van der Waals surface area contributed by atoms with Crippen LogP contribution in [0.5, 0.6) is 0 Å². The van der Waals surface area contributed by atoms with Crippen LogP contribution in [0.25, 0.3) is 0 Å². The molecule has 0 saturated heterocycles. The quantitative estimate of drug-likeness (QED) is 0.0261. The van der Waals surface area contributed by atoms with E-state index in [1.807, 2.05) is 6.08 Å². The van der Waals surface area contributed by atoms with Gasteiger partial charge in [0.15, 0.2) is 6.10 Å². The molecule has 0 amide bonds. The Bertz CT molecular complexity index is 1430. The van der Waals surface area contributed by atoms with Crippen LogP contribution in [0.3, 0.4) is 0 Å². The van der Waals surface area contributed by atoms with E-state index in [1.165, 1.54) is 180 Å². The van der Waals surface area contributed by atoms with Gasteiger partial charge >= 0.3 is 17.9 Å². The Kier molecular flexibility index (Phi) is 60.3. The normalized spacial score (nSPS) is 12.6. The Hall–Kier alpha value is -3.41. The van der Waals surface area contributed by atoms with Gasteiger partial charge in [-0.15, -0.1) is 0 Å². The molecule has 0 aliphatic rings. The third kappa shape index (κ3) is 61.3. The first-order valence-corrected chi connectivity index (χ1v) is 32.1. The minimum absolute atomic E-state index is 0.102. The molecule has 6 nitrogen and oxygen atoms in total. The SMILES string of the molecule is CC/C=C\C/C=C\C/C=C\C/C=C\CCC(=O)OCC(COC(=O)CCCCCCCCCCCCCCCCCCCCCCCCCCC)OC(=O)CCCCCCCC/C=C\C/C=C\C/C=C\CCCCC. The molecule has 0 saturated carbocycles. The molecular formula is C69H120O6. The molecule has 0 aromatic carbocycles. The van der Waals surface area contributed by atoms with E-state index < -0.39 is 6.10 Å². The van der Waals surface area contributed by atoms with Gasteiger partial charge < -0.3 is 14.2 Å². The number of unbranched alkanes of at least 4 members (excludes halogenated alkanes) is 33. The molecule has 432 valence electrons. The molecule has 0 spiro atoms. The van der Waals surface area contributed by atoms with Crippen molar-refractivity contribution in [2.24, 2.45) is 0 Å². The van der Waals surface area contributed by atoms with Crippen molar-refractivity contribution in [2.45, 2.75) is 322 Å². The van der Waals surface area contributed by atoms with Crippen LogP contribution in [-0.4, -0.2) is 37.2 Å². The molecule has 0 heterocycles. The van der Waals surface area contributed by atoms with Crippen LogP contribution in [0, 0.1) is 0 Å². The van der Waals surface area contributed by atoms with Crippen LogP contribution >= 0.6 is 0 Å². The molecule has 1 atom stereocenters. The van der Waals surface area contributed by atoms with Gasteiger partial charge in [0, 0.05) is 19.3 Å². The van der Waals surface area contributed by atoms with Crippen molar-refractivity contribution in [3.05, 3.63) is 85.1 Å². The predicted molar refractivity (Wildman–Crippen MR) is 325 cm³/mol. The number of carbonyl (C=O) groups excluding carboxylic acids is 3. The highest BCUT2D eigenvalue weighted by molar-refractivity contribution is 5.71. The highest BCUT2D eigenvalue weighted by atomic mass is 16.6. The maximum atomic E-state index is 12.9. The van der Waals surface area contributed by atoms with Crippen LogP contribution in [0.2, 0.25) is 0 Å². The summed E-state index contributed by atoms with van der Waals surface area (Å²) in [7, 11) is 0. The summed E-state index contributed by atoms with van der Waals surface area (Å²) in [6.45, 7) is 6.46. The third-order valence-electron chi connectivity index (χ3n) is 13.9. The van der Waals surface area contributed by atoms with Gasteiger partial charge in [-0.05, 0) is 83.5 Å². The van der Waals surface area contributed by atoms with Crippen molar-refractivity contribution in [1.82, 2.24) is 0 Å². The maximum absolute atomic E-state index is 12.9. The lowest BCUT2D eigenvalue weighted by atomic mass is 10.0. The molecule has 1 unspecified atom stereocenters. The fourth-order valence-electron chi connectivity index (χ4n) is 9.11. The summed E-state index contributed by atoms with van der Waals surface area (Å²) in [5.74, 6) is -0.988. The first-order chi connectivity index (χ1) is 37.0. The monoisotopic (exact) mass is 1040 g/mol. The molecule has 0 bridgehead atoms. The molecule has 0 rings (SSSR count). The molecule has 0 N–H and O–H groups in total. The zero-order chi connectivity index (χ0) is 54.3. The van der Waals surface area contributed by atoms with Gasteiger partial charge in [0.05, 0.1) is 0 Å². The van der Waals surface area contributed by atoms with Crippen molar-refractivity contribution in [2.75, 3.05) is 13.2 Å². The van der Waals surface area contributed by atoms with Gasteiger partial charge in [-0.2, -0.15) is 0 Å². The van der Waals surface area contributed by atoms with Crippen LogP contribution in [-0.2, 0) is 28.6 Å². The van der Waals surface area contributed by atoms with E-state index in [0.717, 1.165) is 89.9 Å². The number of esters is 3. The summed E-state index contributed by atoms with van der Waals surface area (Å²) in [6.07, 6.45) is 83.3. The molecule has 0 aromatic heterocycles. The number of ether oxygens (including phenoxy) is 3. The Balaban J connectivity index is 4.33. The number of hydrogen-bond acceptors (Lipinski definition) is 6. The van der Waals surface area contributed by atoms with Crippen LogP contribution in [0.15, 0.2) is 85.1 Å². The fraction of sp³-hybridized carbons (Fsp3) is 0.754. The summed E-state index contributed by atoms with van der Waals surface area (Å²) in [4.78, 5) is 38.2. The van der Waals surface area contributed by atoms with Crippen molar-refractivity contribution >= 4 is 17.9 Å². The lowest BCUT2D eigenvalue weighted by molar-refractivity contribution is -0.166. The lowest BCUT2D eigenvalue weighted by Gasteiger charge is -2.18. The van der Waals surface area contributed by atoms with Gasteiger partial charge in [0.1, 0.15) is 13.2 Å². The molecule has 0 radical (unpaired) electrons. The van der Waals surface area contributed by atoms with Gasteiger partial charge in [-0.25, -0.2) is 0 Å². The second-order valence-corrected chi connectivity index (χ2v) is 21.3. The number of allylic oxidation sites excluding steroid dienone is 14. The second kappa shape index (κ2) is 63.1. The first kappa shape index (κ1) is 71.6. The lowest BCUT2D eigenvalue weighted by Crippen LogP contribution is -2.30. The van der Waals surface area contributed by atoms with Gasteiger partial charge in [0.2, 0.25) is 0 Å². The molecule has 6 heteroatoms. The minimum Gasteiger partial charge on any atom is -0.462 e. The minimum atomic E-state index is -0.812. The van der Waals surface area contributed by atoms with Crippen molar-refractivity contribution in [3.8, 4) is 0 Å². The topological polar surface area (TPSA) is 78.9 Å². The van der Waals surface area contributed by atoms with Gasteiger partial charge in [-0.1, -0.05) is 298 Å².